The van der Waals surface area contributed by atoms with Crippen LogP contribution in [0.1, 0.15) is 13.3 Å². The van der Waals surface area contributed by atoms with Crippen LogP contribution in [0.25, 0.3) is 10.9 Å². The molecule has 1 aliphatic rings. The van der Waals surface area contributed by atoms with Crippen molar-refractivity contribution in [3.63, 3.8) is 0 Å². The minimum atomic E-state index is -0.301. The summed E-state index contributed by atoms with van der Waals surface area (Å²) in [5.74, 6) is 0.0919. The fourth-order valence-electron chi connectivity index (χ4n) is 3.06. The van der Waals surface area contributed by atoms with Crippen LogP contribution in [-0.4, -0.2) is 66.1 Å². The largest absolute Gasteiger partial charge is 0.450 e. The van der Waals surface area contributed by atoms with Crippen LogP contribution in [0.3, 0.4) is 0 Å². The van der Waals surface area contributed by atoms with Gasteiger partial charge < -0.3 is 19.9 Å². The minimum Gasteiger partial charge on any atom is -0.450 e. The van der Waals surface area contributed by atoms with Crippen LogP contribution < -0.4 is 5.32 Å². The zero-order valence-corrected chi connectivity index (χ0v) is 15.0. The Morgan fingerprint density at radius 1 is 1.12 bits per heavy atom. The maximum Gasteiger partial charge on any atom is 0.409 e. The summed E-state index contributed by atoms with van der Waals surface area (Å²) < 4.78 is 4.99. The molecular formula is C19H24N4O3. The van der Waals surface area contributed by atoms with E-state index in [1.807, 2.05) is 30.3 Å². The highest BCUT2D eigenvalue weighted by molar-refractivity contribution is 5.90. The quantitative estimate of drug-likeness (QED) is 0.890. The highest BCUT2D eigenvalue weighted by Gasteiger charge is 2.24. The lowest BCUT2D eigenvalue weighted by molar-refractivity contribution is -0.132. The van der Waals surface area contributed by atoms with Gasteiger partial charge in [0.15, 0.2) is 0 Å². The third-order valence-corrected chi connectivity index (χ3v) is 4.45. The lowest BCUT2D eigenvalue weighted by Crippen LogP contribution is -2.50. The highest BCUT2D eigenvalue weighted by atomic mass is 16.6. The van der Waals surface area contributed by atoms with Crippen LogP contribution in [0, 0.1) is 0 Å². The molecule has 3 rings (SSSR count). The Hall–Kier alpha value is -2.83. The molecule has 0 bridgehead atoms. The molecule has 2 heterocycles. The predicted molar refractivity (Wildman–Crippen MR) is 100 cm³/mol. The molecule has 0 unspecified atom stereocenters. The van der Waals surface area contributed by atoms with E-state index in [1.54, 1.807) is 22.9 Å². The molecule has 0 spiro atoms. The summed E-state index contributed by atoms with van der Waals surface area (Å²) in [5, 5.41) is 4.38. The average molecular weight is 356 g/mol. The molecule has 1 aromatic heterocycles. The van der Waals surface area contributed by atoms with E-state index in [2.05, 4.69) is 10.3 Å². The van der Waals surface area contributed by atoms with Crippen molar-refractivity contribution in [2.45, 2.75) is 13.3 Å². The Morgan fingerprint density at radius 2 is 1.85 bits per heavy atom. The number of fused-ring (bicyclic) bond motifs is 1. The number of nitrogens with zero attached hydrogens (tertiary/aromatic N) is 3. The van der Waals surface area contributed by atoms with Gasteiger partial charge in [0.2, 0.25) is 5.91 Å². The fourth-order valence-corrected chi connectivity index (χ4v) is 3.06. The van der Waals surface area contributed by atoms with Crippen molar-refractivity contribution in [1.29, 1.82) is 0 Å². The van der Waals surface area contributed by atoms with E-state index in [1.165, 1.54) is 0 Å². The number of amides is 2. The van der Waals surface area contributed by atoms with Crippen molar-refractivity contribution in [3.8, 4) is 0 Å². The number of hydrogen-bond donors (Lipinski definition) is 1. The topological polar surface area (TPSA) is 74.8 Å². The molecule has 26 heavy (non-hydrogen) atoms. The van der Waals surface area contributed by atoms with Crippen molar-refractivity contribution in [2.75, 3.05) is 44.6 Å². The van der Waals surface area contributed by atoms with E-state index in [9.17, 15) is 9.59 Å². The van der Waals surface area contributed by atoms with Gasteiger partial charge >= 0.3 is 6.09 Å². The van der Waals surface area contributed by atoms with Gasteiger partial charge in [-0.25, -0.2) is 4.79 Å². The number of hydrogen-bond acceptors (Lipinski definition) is 5. The van der Waals surface area contributed by atoms with Gasteiger partial charge in [0, 0.05) is 50.7 Å². The van der Waals surface area contributed by atoms with Crippen molar-refractivity contribution < 1.29 is 14.3 Å². The van der Waals surface area contributed by atoms with Crippen molar-refractivity contribution >= 4 is 28.6 Å². The standard InChI is InChI=1S/C19H24N4O3/c1-2-26-19(25)23-13-11-22(12-14-23)17(24)8-10-20-16-7-3-5-15-6-4-9-21-18(15)16/h3-7,9,20H,2,8,10-14H2,1H3. The van der Waals surface area contributed by atoms with E-state index in [4.69, 9.17) is 4.74 Å². The summed E-state index contributed by atoms with van der Waals surface area (Å²) >= 11 is 0. The smallest absolute Gasteiger partial charge is 0.409 e. The first-order valence-electron chi connectivity index (χ1n) is 8.96. The predicted octanol–water partition coefficient (Wildman–Crippen LogP) is 2.34. The number of carbonyl (C=O) groups excluding carboxylic acids is 2. The molecule has 7 heteroatoms. The molecule has 1 saturated heterocycles. The number of anilines is 1. The van der Waals surface area contributed by atoms with Gasteiger partial charge in [0.25, 0.3) is 0 Å². The van der Waals surface area contributed by atoms with Gasteiger partial charge in [0.1, 0.15) is 0 Å². The number of rotatable bonds is 5. The second kappa shape index (κ2) is 8.51. The van der Waals surface area contributed by atoms with Crippen molar-refractivity contribution in [2.24, 2.45) is 0 Å². The molecule has 0 radical (unpaired) electrons. The summed E-state index contributed by atoms with van der Waals surface area (Å²) in [6, 6.07) is 9.88. The van der Waals surface area contributed by atoms with Crippen LogP contribution in [0.2, 0.25) is 0 Å². The molecule has 2 aromatic rings. The normalized spacial score (nSPS) is 14.3. The number of para-hydroxylation sites is 1. The van der Waals surface area contributed by atoms with Crippen molar-refractivity contribution in [1.82, 2.24) is 14.8 Å². The first-order valence-corrected chi connectivity index (χ1v) is 8.96. The van der Waals surface area contributed by atoms with E-state index in [-0.39, 0.29) is 12.0 Å². The second-order valence-corrected chi connectivity index (χ2v) is 6.12. The van der Waals surface area contributed by atoms with Crippen LogP contribution >= 0.6 is 0 Å². The second-order valence-electron chi connectivity index (χ2n) is 6.12. The Labute approximate surface area is 152 Å². The maximum absolute atomic E-state index is 12.4. The molecule has 0 aliphatic carbocycles. The molecular weight excluding hydrogens is 332 g/mol. The number of ether oxygens (including phenoxy) is 1. The van der Waals surface area contributed by atoms with E-state index in [0.29, 0.717) is 45.8 Å². The number of pyridine rings is 1. The average Bonchev–Trinajstić information content (AvgIpc) is 2.68. The molecule has 1 aromatic carbocycles. The lowest BCUT2D eigenvalue weighted by atomic mass is 10.2. The van der Waals surface area contributed by atoms with Gasteiger partial charge in [-0.3, -0.25) is 9.78 Å². The first kappa shape index (κ1) is 18.0. The zero-order valence-electron chi connectivity index (χ0n) is 15.0. The number of nitrogens with one attached hydrogen (secondary N) is 1. The Morgan fingerprint density at radius 3 is 2.62 bits per heavy atom. The van der Waals surface area contributed by atoms with E-state index < -0.39 is 0 Å². The SMILES string of the molecule is CCOC(=O)N1CCN(C(=O)CCNc2cccc3cccnc23)CC1. The Kier molecular flexibility index (Phi) is 5.88. The highest BCUT2D eigenvalue weighted by Crippen LogP contribution is 2.20. The van der Waals surface area contributed by atoms with E-state index in [0.717, 1.165) is 16.6 Å². The molecule has 138 valence electrons. The Balaban J connectivity index is 1.47. The summed E-state index contributed by atoms with van der Waals surface area (Å²) in [7, 11) is 0. The molecule has 2 amide bonds. The number of benzene rings is 1. The van der Waals surface area contributed by atoms with Crippen LogP contribution in [0.15, 0.2) is 36.5 Å². The number of piperazine rings is 1. The molecule has 1 N–H and O–H groups in total. The third kappa shape index (κ3) is 4.22. The lowest BCUT2D eigenvalue weighted by Gasteiger charge is -2.34. The molecule has 1 aliphatic heterocycles. The van der Waals surface area contributed by atoms with Crippen LogP contribution in [0.5, 0.6) is 0 Å². The van der Waals surface area contributed by atoms with Gasteiger partial charge in [0.05, 0.1) is 17.8 Å². The van der Waals surface area contributed by atoms with Crippen molar-refractivity contribution in [3.05, 3.63) is 36.5 Å². The minimum absolute atomic E-state index is 0.0919. The third-order valence-electron chi connectivity index (χ3n) is 4.45. The zero-order chi connectivity index (χ0) is 18.4. The molecule has 1 fully saturated rings. The molecule has 0 atom stereocenters. The van der Waals surface area contributed by atoms with Gasteiger partial charge in [-0.15, -0.1) is 0 Å². The monoisotopic (exact) mass is 356 g/mol. The number of carbonyl (C=O) groups is 2. The summed E-state index contributed by atoms with van der Waals surface area (Å²) in [4.78, 5) is 31.9. The van der Waals surface area contributed by atoms with Crippen LogP contribution in [-0.2, 0) is 9.53 Å². The molecule has 7 nitrogen and oxygen atoms in total. The van der Waals surface area contributed by atoms with Gasteiger partial charge in [-0.05, 0) is 19.1 Å². The fraction of sp³-hybridized carbons (Fsp3) is 0.421. The molecule has 0 saturated carbocycles. The summed E-state index contributed by atoms with van der Waals surface area (Å²) in [6.45, 7) is 4.84. The van der Waals surface area contributed by atoms with Gasteiger partial charge in [-0.1, -0.05) is 18.2 Å². The number of aromatic nitrogens is 1. The van der Waals surface area contributed by atoms with Gasteiger partial charge in [-0.2, -0.15) is 0 Å². The summed E-state index contributed by atoms with van der Waals surface area (Å²) in [5.41, 5.74) is 1.84. The maximum atomic E-state index is 12.4. The van der Waals surface area contributed by atoms with E-state index >= 15 is 0 Å². The Bertz CT molecular complexity index is 767. The van der Waals surface area contributed by atoms with Crippen LogP contribution in [0.4, 0.5) is 10.5 Å². The summed E-state index contributed by atoms with van der Waals surface area (Å²) in [6.07, 6.45) is 1.87. The first-order chi connectivity index (χ1) is 12.7.